The summed E-state index contributed by atoms with van der Waals surface area (Å²) in [5.74, 6) is 2.72. The standard InChI is InChI=1S/C22H17BrClN7S/c1-13-10-20(26-19-11-18(28-29-19)15-4-8-17(24)9-5-15)31-21(25-13)27-22(30-31)32-12-14-2-6-16(23)7-3-14/h2-11H,12H2,1H3,(H2,26,28,29). The summed E-state index contributed by atoms with van der Waals surface area (Å²) in [6.45, 7) is 1.93. The Kier molecular flexibility index (Phi) is 5.86. The van der Waals surface area contributed by atoms with Gasteiger partial charge in [-0.05, 0) is 42.3 Å². The van der Waals surface area contributed by atoms with Crippen LogP contribution in [0.25, 0.3) is 17.0 Å². The van der Waals surface area contributed by atoms with Gasteiger partial charge in [-0.25, -0.2) is 4.98 Å². The summed E-state index contributed by atoms with van der Waals surface area (Å²) in [7, 11) is 0. The molecule has 0 amide bonds. The highest BCUT2D eigenvalue weighted by molar-refractivity contribution is 9.10. The van der Waals surface area contributed by atoms with Crippen molar-refractivity contribution in [2.24, 2.45) is 0 Å². The van der Waals surface area contributed by atoms with Crippen molar-refractivity contribution in [1.82, 2.24) is 29.8 Å². The molecule has 7 nitrogen and oxygen atoms in total. The molecule has 0 radical (unpaired) electrons. The van der Waals surface area contributed by atoms with Crippen LogP contribution in [0.15, 0.2) is 70.3 Å². The number of nitrogens with one attached hydrogen (secondary N) is 2. The number of rotatable bonds is 6. The summed E-state index contributed by atoms with van der Waals surface area (Å²) in [5.41, 5.74) is 3.92. The quantitative estimate of drug-likeness (QED) is 0.254. The highest BCUT2D eigenvalue weighted by Crippen LogP contribution is 2.26. The summed E-state index contributed by atoms with van der Waals surface area (Å²) in [4.78, 5) is 9.10. The van der Waals surface area contributed by atoms with E-state index in [0.29, 0.717) is 21.8 Å². The second-order valence-electron chi connectivity index (χ2n) is 7.10. The zero-order valence-electron chi connectivity index (χ0n) is 16.9. The number of benzene rings is 2. The van der Waals surface area contributed by atoms with Crippen LogP contribution in [0, 0.1) is 6.92 Å². The molecule has 0 saturated carbocycles. The monoisotopic (exact) mass is 525 g/mol. The van der Waals surface area contributed by atoms with Gasteiger partial charge in [0.05, 0.1) is 5.69 Å². The van der Waals surface area contributed by atoms with E-state index in [9.17, 15) is 0 Å². The van der Waals surface area contributed by atoms with E-state index in [2.05, 4.69) is 58.6 Å². The molecule has 2 N–H and O–H groups in total. The maximum atomic E-state index is 5.98. The third-order valence-electron chi connectivity index (χ3n) is 4.69. The maximum Gasteiger partial charge on any atom is 0.255 e. The Morgan fingerprint density at radius 3 is 2.62 bits per heavy atom. The lowest BCUT2D eigenvalue weighted by atomic mass is 10.1. The summed E-state index contributed by atoms with van der Waals surface area (Å²) in [6.07, 6.45) is 0. The smallest absolute Gasteiger partial charge is 0.255 e. The van der Waals surface area contributed by atoms with E-state index in [0.717, 1.165) is 33.0 Å². The molecule has 0 spiro atoms. The van der Waals surface area contributed by atoms with Crippen LogP contribution in [0.1, 0.15) is 11.3 Å². The zero-order valence-corrected chi connectivity index (χ0v) is 20.0. The number of aromatic amines is 1. The Morgan fingerprint density at radius 2 is 1.84 bits per heavy atom. The Balaban J connectivity index is 1.38. The molecule has 0 atom stereocenters. The van der Waals surface area contributed by atoms with E-state index in [1.807, 2.05) is 55.5 Å². The molecule has 5 rings (SSSR count). The number of hydrogen-bond donors (Lipinski definition) is 2. The van der Waals surface area contributed by atoms with Crippen LogP contribution in [-0.2, 0) is 5.75 Å². The van der Waals surface area contributed by atoms with Crippen LogP contribution in [-0.4, -0.2) is 29.8 Å². The van der Waals surface area contributed by atoms with Gasteiger partial charge in [-0.15, -0.1) is 5.10 Å². The van der Waals surface area contributed by atoms with E-state index in [1.54, 1.807) is 16.3 Å². The molecule has 0 aliphatic carbocycles. The average Bonchev–Trinajstić information content (AvgIpc) is 3.41. The number of hydrogen-bond acceptors (Lipinski definition) is 6. The fraction of sp³-hybridized carbons (Fsp3) is 0.0909. The first-order valence-corrected chi connectivity index (χ1v) is 11.9. The van der Waals surface area contributed by atoms with Crippen LogP contribution in [0.2, 0.25) is 5.02 Å². The average molecular weight is 527 g/mol. The van der Waals surface area contributed by atoms with Crippen molar-refractivity contribution in [3.8, 4) is 11.3 Å². The minimum atomic E-state index is 0.541. The third kappa shape index (κ3) is 4.64. The van der Waals surface area contributed by atoms with E-state index in [4.69, 9.17) is 11.6 Å². The minimum Gasteiger partial charge on any atom is -0.323 e. The van der Waals surface area contributed by atoms with E-state index >= 15 is 0 Å². The molecule has 10 heteroatoms. The van der Waals surface area contributed by atoms with Gasteiger partial charge in [0.1, 0.15) is 5.82 Å². The highest BCUT2D eigenvalue weighted by atomic mass is 79.9. The fourth-order valence-corrected chi connectivity index (χ4v) is 4.31. The Hall–Kier alpha value is -2.88. The number of aryl methyl sites for hydroxylation is 1. The predicted octanol–water partition coefficient (Wildman–Crippen LogP) is 6.27. The molecule has 0 unspecified atom stereocenters. The summed E-state index contributed by atoms with van der Waals surface area (Å²) in [6, 6.07) is 19.7. The normalized spacial score (nSPS) is 11.2. The number of halogens is 2. The van der Waals surface area contributed by atoms with Crippen molar-refractivity contribution < 1.29 is 0 Å². The lowest BCUT2D eigenvalue weighted by Gasteiger charge is -2.05. The highest BCUT2D eigenvalue weighted by Gasteiger charge is 2.12. The van der Waals surface area contributed by atoms with Crippen molar-refractivity contribution >= 4 is 56.7 Å². The maximum absolute atomic E-state index is 5.98. The van der Waals surface area contributed by atoms with Crippen molar-refractivity contribution in [3.05, 3.63) is 81.4 Å². The van der Waals surface area contributed by atoms with Gasteiger partial charge in [-0.1, -0.05) is 63.6 Å². The molecule has 0 aliphatic rings. The van der Waals surface area contributed by atoms with Gasteiger partial charge >= 0.3 is 0 Å². The van der Waals surface area contributed by atoms with Gasteiger partial charge in [0, 0.05) is 33.1 Å². The first-order chi connectivity index (χ1) is 15.5. The van der Waals surface area contributed by atoms with Crippen molar-refractivity contribution in [1.29, 1.82) is 0 Å². The summed E-state index contributed by atoms with van der Waals surface area (Å²) in [5, 5.41) is 16.7. The topological polar surface area (TPSA) is 83.8 Å². The first-order valence-electron chi connectivity index (χ1n) is 9.73. The minimum absolute atomic E-state index is 0.541. The molecule has 0 bridgehead atoms. The third-order valence-corrected chi connectivity index (χ3v) is 6.38. The summed E-state index contributed by atoms with van der Waals surface area (Å²) < 4.78 is 2.76. The Labute approximate surface area is 201 Å². The second-order valence-corrected chi connectivity index (χ2v) is 9.40. The van der Waals surface area contributed by atoms with Gasteiger partial charge in [0.25, 0.3) is 5.78 Å². The number of anilines is 2. The van der Waals surface area contributed by atoms with Crippen molar-refractivity contribution in [2.45, 2.75) is 17.8 Å². The van der Waals surface area contributed by atoms with Gasteiger partial charge in [0.2, 0.25) is 5.16 Å². The number of fused-ring (bicyclic) bond motifs is 1. The molecule has 0 aliphatic heterocycles. The number of thioether (sulfide) groups is 1. The number of H-pyrrole nitrogens is 1. The molecule has 160 valence electrons. The molecular weight excluding hydrogens is 510 g/mol. The number of aromatic nitrogens is 6. The Bertz CT molecular complexity index is 1380. The molecule has 0 saturated heterocycles. The second kappa shape index (κ2) is 8.93. The van der Waals surface area contributed by atoms with E-state index in [1.165, 1.54) is 5.56 Å². The molecule has 5 aromatic rings. The van der Waals surface area contributed by atoms with Crippen LogP contribution < -0.4 is 5.32 Å². The SMILES string of the molecule is Cc1cc(Nc2cc(-c3ccc(Cl)cc3)[nH]n2)n2nc(SCc3ccc(Br)cc3)nc2n1. The van der Waals surface area contributed by atoms with Gasteiger partial charge in [0.15, 0.2) is 5.82 Å². The summed E-state index contributed by atoms with van der Waals surface area (Å²) >= 11 is 11.0. The van der Waals surface area contributed by atoms with Crippen LogP contribution in [0.3, 0.4) is 0 Å². The van der Waals surface area contributed by atoms with Crippen LogP contribution >= 0.6 is 39.3 Å². The lowest BCUT2D eigenvalue weighted by molar-refractivity contribution is 0.881. The molecule has 3 heterocycles. The molecular formula is C22H17BrClN7S. The largest absolute Gasteiger partial charge is 0.323 e. The van der Waals surface area contributed by atoms with Gasteiger partial charge < -0.3 is 5.32 Å². The van der Waals surface area contributed by atoms with E-state index in [-0.39, 0.29) is 0 Å². The first kappa shape index (κ1) is 21.0. The van der Waals surface area contributed by atoms with Crippen LogP contribution in [0.4, 0.5) is 11.6 Å². The molecule has 3 aromatic heterocycles. The van der Waals surface area contributed by atoms with Gasteiger partial charge in [-0.3, -0.25) is 5.10 Å². The van der Waals surface area contributed by atoms with Crippen molar-refractivity contribution in [2.75, 3.05) is 5.32 Å². The predicted molar refractivity (Wildman–Crippen MR) is 132 cm³/mol. The van der Waals surface area contributed by atoms with Crippen LogP contribution in [0.5, 0.6) is 0 Å². The lowest BCUT2D eigenvalue weighted by Crippen LogP contribution is -2.02. The molecule has 2 aromatic carbocycles. The zero-order chi connectivity index (χ0) is 22.1. The van der Waals surface area contributed by atoms with E-state index < -0.39 is 0 Å². The molecule has 32 heavy (non-hydrogen) atoms. The Morgan fingerprint density at radius 1 is 1.06 bits per heavy atom. The fourth-order valence-electron chi connectivity index (χ4n) is 3.14. The van der Waals surface area contributed by atoms with Crippen molar-refractivity contribution in [3.63, 3.8) is 0 Å². The number of nitrogens with zero attached hydrogens (tertiary/aromatic N) is 5. The van der Waals surface area contributed by atoms with Gasteiger partial charge in [-0.2, -0.15) is 14.6 Å². The molecule has 0 fully saturated rings.